The maximum Gasteiger partial charge on any atom is 0.236 e. The van der Waals surface area contributed by atoms with Gasteiger partial charge in [0.15, 0.2) is 0 Å². The fourth-order valence-corrected chi connectivity index (χ4v) is 2.91. The summed E-state index contributed by atoms with van der Waals surface area (Å²) in [5, 5.41) is 3.32. The molecule has 0 aromatic carbocycles. The van der Waals surface area contributed by atoms with E-state index in [9.17, 15) is 9.59 Å². The molecular weight excluding hydrogens is 230 g/mol. The van der Waals surface area contributed by atoms with Crippen molar-refractivity contribution in [3.8, 4) is 0 Å². The van der Waals surface area contributed by atoms with Gasteiger partial charge in [-0.1, -0.05) is 12.8 Å². The van der Waals surface area contributed by atoms with Crippen LogP contribution in [0.25, 0.3) is 0 Å². The summed E-state index contributed by atoms with van der Waals surface area (Å²) in [4.78, 5) is 25.0. The first-order valence-corrected chi connectivity index (χ1v) is 6.97. The van der Waals surface area contributed by atoms with Gasteiger partial charge in [0.1, 0.15) is 0 Å². The zero-order valence-corrected chi connectivity index (χ0v) is 10.9. The molecule has 0 radical (unpaired) electrons. The molecule has 102 valence electrons. The largest absolute Gasteiger partial charge is 0.369 e. The number of nitrogens with zero attached hydrogens (tertiary/aromatic N) is 1. The Morgan fingerprint density at radius 3 is 2.56 bits per heavy atom. The van der Waals surface area contributed by atoms with Crippen molar-refractivity contribution < 1.29 is 9.59 Å². The van der Waals surface area contributed by atoms with Gasteiger partial charge in [0, 0.05) is 19.1 Å². The molecule has 3 N–H and O–H groups in total. The highest BCUT2D eigenvalue weighted by atomic mass is 16.2. The number of carbonyl (C=O) groups excluding carboxylic acids is 2. The second kappa shape index (κ2) is 6.18. The number of piperidine rings is 1. The number of nitrogens with one attached hydrogen (secondary N) is 1. The minimum Gasteiger partial charge on any atom is -0.369 e. The van der Waals surface area contributed by atoms with Crippen LogP contribution in [0.15, 0.2) is 0 Å². The van der Waals surface area contributed by atoms with Gasteiger partial charge in [-0.25, -0.2) is 0 Å². The zero-order valence-electron chi connectivity index (χ0n) is 10.9. The Morgan fingerprint density at radius 1 is 1.17 bits per heavy atom. The lowest BCUT2D eigenvalue weighted by molar-refractivity contribution is -0.134. The first kappa shape index (κ1) is 13.3. The average molecular weight is 253 g/mol. The standard InChI is InChI=1S/C13H23N3O2/c14-13(18)10-4-3-7-16(9-10)12(17)8-15-11-5-1-2-6-11/h10-11,15H,1-9H2,(H2,14,18). The number of nitrogens with two attached hydrogens (primary N) is 1. The predicted molar refractivity (Wildman–Crippen MR) is 68.8 cm³/mol. The molecule has 0 bridgehead atoms. The molecule has 1 atom stereocenters. The molecular formula is C13H23N3O2. The molecule has 0 aromatic rings. The molecule has 5 heteroatoms. The van der Waals surface area contributed by atoms with Crippen LogP contribution in [0.5, 0.6) is 0 Å². The lowest BCUT2D eigenvalue weighted by Gasteiger charge is -2.31. The molecule has 2 fully saturated rings. The van der Waals surface area contributed by atoms with Crippen LogP contribution >= 0.6 is 0 Å². The van der Waals surface area contributed by atoms with Crippen LogP contribution in [0.1, 0.15) is 38.5 Å². The summed E-state index contributed by atoms with van der Waals surface area (Å²) in [6, 6.07) is 0.505. The molecule has 2 rings (SSSR count). The maximum atomic E-state index is 12.0. The van der Waals surface area contributed by atoms with E-state index in [0.717, 1.165) is 19.4 Å². The number of carbonyl (C=O) groups is 2. The molecule has 18 heavy (non-hydrogen) atoms. The van der Waals surface area contributed by atoms with E-state index >= 15 is 0 Å². The molecule has 1 aliphatic carbocycles. The van der Waals surface area contributed by atoms with E-state index in [1.807, 2.05) is 0 Å². The van der Waals surface area contributed by atoms with Crippen LogP contribution in [-0.2, 0) is 9.59 Å². The Balaban J connectivity index is 1.75. The van der Waals surface area contributed by atoms with Crippen molar-refractivity contribution >= 4 is 11.8 Å². The Bertz CT molecular complexity index is 313. The highest BCUT2D eigenvalue weighted by Gasteiger charge is 2.27. The van der Waals surface area contributed by atoms with Crippen molar-refractivity contribution in [1.82, 2.24) is 10.2 Å². The van der Waals surface area contributed by atoms with E-state index in [1.165, 1.54) is 25.7 Å². The van der Waals surface area contributed by atoms with Gasteiger partial charge in [0.25, 0.3) is 0 Å². The van der Waals surface area contributed by atoms with Crippen LogP contribution in [0.3, 0.4) is 0 Å². The quantitative estimate of drug-likeness (QED) is 0.753. The fourth-order valence-electron chi connectivity index (χ4n) is 2.91. The number of primary amides is 1. The third kappa shape index (κ3) is 3.45. The van der Waals surface area contributed by atoms with E-state index in [0.29, 0.717) is 19.1 Å². The number of hydrogen-bond donors (Lipinski definition) is 2. The summed E-state index contributed by atoms with van der Waals surface area (Å²) in [5.41, 5.74) is 5.31. The van der Waals surface area contributed by atoms with E-state index in [1.54, 1.807) is 4.90 Å². The first-order valence-electron chi connectivity index (χ1n) is 6.97. The third-order valence-electron chi connectivity index (χ3n) is 4.07. The fraction of sp³-hybridized carbons (Fsp3) is 0.846. The van der Waals surface area contributed by atoms with Crippen molar-refractivity contribution in [2.45, 2.75) is 44.6 Å². The van der Waals surface area contributed by atoms with Gasteiger partial charge < -0.3 is 16.0 Å². The Hall–Kier alpha value is -1.10. The van der Waals surface area contributed by atoms with Crippen molar-refractivity contribution in [1.29, 1.82) is 0 Å². The Morgan fingerprint density at radius 2 is 1.89 bits per heavy atom. The van der Waals surface area contributed by atoms with Gasteiger partial charge in [0.2, 0.25) is 11.8 Å². The van der Waals surface area contributed by atoms with Crippen LogP contribution in [-0.4, -0.2) is 42.4 Å². The van der Waals surface area contributed by atoms with Crippen LogP contribution in [0.4, 0.5) is 0 Å². The smallest absolute Gasteiger partial charge is 0.236 e. The summed E-state index contributed by atoms with van der Waals surface area (Å²) in [6.45, 7) is 1.66. The highest BCUT2D eigenvalue weighted by molar-refractivity contribution is 5.81. The van der Waals surface area contributed by atoms with Crippen molar-refractivity contribution in [3.05, 3.63) is 0 Å². The normalized spacial score (nSPS) is 25.3. The summed E-state index contributed by atoms with van der Waals surface area (Å²) in [7, 11) is 0. The number of rotatable bonds is 4. The molecule has 1 unspecified atom stereocenters. The molecule has 1 saturated carbocycles. The molecule has 1 heterocycles. The van der Waals surface area contributed by atoms with Gasteiger partial charge >= 0.3 is 0 Å². The van der Waals surface area contributed by atoms with Crippen molar-refractivity contribution in [2.24, 2.45) is 11.7 Å². The maximum absolute atomic E-state index is 12.0. The van der Waals surface area contributed by atoms with Gasteiger partial charge in [-0.15, -0.1) is 0 Å². The molecule has 1 saturated heterocycles. The minimum atomic E-state index is -0.281. The first-order chi connectivity index (χ1) is 8.66. The summed E-state index contributed by atoms with van der Waals surface area (Å²) >= 11 is 0. The molecule has 1 aliphatic heterocycles. The molecule has 0 spiro atoms. The molecule has 0 aromatic heterocycles. The number of likely N-dealkylation sites (tertiary alicyclic amines) is 1. The van der Waals surface area contributed by atoms with Gasteiger partial charge in [0.05, 0.1) is 12.5 Å². The van der Waals surface area contributed by atoms with E-state index in [2.05, 4.69) is 5.32 Å². The molecule has 2 amide bonds. The lowest BCUT2D eigenvalue weighted by atomic mass is 9.97. The second-order valence-corrected chi connectivity index (χ2v) is 5.44. The summed E-state index contributed by atoms with van der Waals surface area (Å²) in [5.74, 6) is -0.335. The van der Waals surface area contributed by atoms with E-state index in [4.69, 9.17) is 5.73 Å². The van der Waals surface area contributed by atoms with E-state index < -0.39 is 0 Å². The van der Waals surface area contributed by atoms with Gasteiger partial charge in [-0.05, 0) is 25.7 Å². The van der Waals surface area contributed by atoms with Crippen LogP contribution in [0.2, 0.25) is 0 Å². The van der Waals surface area contributed by atoms with Crippen molar-refractivity contribution in [2.75, 3.05) is 19.6 Å². The minimum absolute atomic E-state index is 0.104. The number of hydrogen-bond acceptors (Lipinski definition) is 3. The number of amides is 2. The molecule has 2 aliphatic rings. The zero-order chi connectivity index (χ0) is 13.0. The highest BCUT2D eigenvalue weighted by Crippen LogP contribution is 2.18. The van der Waals surface area contributed by atoms with E-state index in [-0.39, 0.29) is 17.7 Å². The van der Waals surface area contributed by atoms with Gasteiger partial charge in [-0.2, -0.15) is 0 Å². The third-order valence-corrected chi connectivity index (χ3v) is 4.07. The van der Waals surface area contributed by atoms with Crippen LogP contribution < -0.4 is 11.1 Å². The monoisotopic (exact) mass is 253 g/mol. The lowest BCUT2D eigenvalue weighted by Crippen LogP contribution is -2.47. The van der Waals surface area contributed by atoms with Crippen molar-refractivity contribution in [3.63, 3.8) is 0 Å². The van der Waals surface area contributed by atoms with Crippen LogP contribution in [0, 0.1) is 5.92 Å². The molecule has 5 nitrogen and oxygen atoms in total. The predicted octanol–water partition coefficient (Wildman–Crippen LogP) is 0.242. The summed E-state index contributed by atoms with van der Waals surface area (Å²) in [6.07, 6.45) is 6.57. The summed E-state index contributed by atoms with van der Waals surface area (Å²) < 4.78 is 0. The second-order valence-electron chi connectivity index (χ2n) is 5.44. The van der Waals surface area contributed by atoms with Gasteiger partial charge in [-0.3, -0.25) is 9.59 Å². The Kier molecular flexibility index (Phi) is 4.58. The SMILES string of the molecule is NC(=O)C1CCCN(C(=O)CNC2CCCC2)C1. The Labute approximate surface area is 108 Å². The average Bonchev–Trinajstić information content (AvgIpc) is 2.89. The topological polar surface area (TPSA) is 75.4 Å².